The van der Waals surface area contributed by atoms with E-state index in [1.807, 2.05) is 0 Å². The quantitative estimate of drug-likeness (QED) is 0.669. The summed E-state index contributed by atoms with van der Waals surface area (Å²) in [5.41, 5.74) is -0.0429. The van der Waals surface area contributed by atoms with Gasteiger partial charge in [0.05, 0.1) is 6.10 Å². The lowest BCUT2D eigenvalue weighted by atomic mass is 9.87. The van der Waals surface area contributed by atoms with Crippen LogP contribution in [0.4, 0.5) is 0 Å². The van der Waals surface area contributed by atoms with Crippen molar-refractivity contribution in [3.63, 3.8) is 0 Å². The summed E-state index contributed by atoms with van der Waals surface area (Å²) >= 11 is 0. The number of hydrogen-bond acceptors (Lipinski definition) is 3. The molecule has 0 bridgehead atoms. The Labute approximate surface area is 123 Å². The molecular formula is C14H29ClN2O2. The third-order valence-corrected chi connectivity index (χ3v) is 3.55. The summed E-state index contributed by atoms with van der Waals surface area (Å²) in [5.74, 6) is 0.807. The summed E-state index contributed by atoms with van der Waals surface area (Å²) in [4.78, 5) is 11.7. The maximum Gasteiger partial charge on any atom is 0.220 e. The van der Waals surface area contributed by atoms with E-state index in [-0.39, 0.29) is 29.8 Å². The Morgan fingerprint density at radius 3 is 2.74 bits per heavy atom. The average Bonchev–Trinajstić information content (AvgIpc) is 2.74. The Morgan fingerprint density at radius 2 is 2.21 bits per heavy atom. The van der Waals surface area contributed by atoms with Gasteiger partial charge < -0.3 is 15.7 Å². The van der Waals surface area contributed by atoms with E-state index in [9.17, 15) is 9.90 Å². The number of halogens is 1. The predicted molar refractivity (Wildman–Crippen MR) is 80.5 cm³/mol. The third kappa shape index (κ3) is 8.45. The zero-order chi connectivity index (χ0) is 13.6. The van der Waals surface area contributed by atoms with Gasteiger partial charge in [-0.2, -0.15) is 0 Å². The van der Waals surface area contributed by atoms with Gasteiger partial charge in [-0.1, -0.05) is 13.8 Å². The van der Waals surface area contributed by atoms with Gasteiger partial charge in [-0.3, -0.25) is 4.79 Å². The molecule has 3 N–H and O–H groups in total. The molecule has 19 heavy (non-hydrogen) atoms. The van der Waals surface area contributed by atoms with Crippen molar-refractivity contribution >= 4 is 18.3 Å². The van der Waals surface area contributed by atoms with Crippen molar-refractivity contribution in [3.8, 4) is 0 Å². The van der Waals surface area contributed by atoms with Gasteiger partial charge in [0, 0.05) is 13.0 Å². The molecule has 1 fully saturated rings. The van der Waals surface area contributed by atoms with E-state index >= 15 is 0 Å². The lowest BCUT2D eigenvalue weighted by Gasteiger charge is -2.26. The predicted octanol–water partition coefficient (Wildman–Crippen LogP) is 1.71. The van der Waals surface area contributed by atoms with Crippen LogP contribution in [-0.4, -0.2) is 36.8 Å². The lowest BCUT2D eigenvalue weighted by molar-refractivity contribution is -0.121. The molecule has 0 spiro atoms. The van der Waals surface area contributed by atoms with Crippen LogP contribution in [0.1, 0.15) is 46.5 Å². The highest BCUT2D eigenvalue weighted by Crippen LogP contribution is 2.21. The fourth-order valence-corrected chi connectivity index (χ4v) is 2.59. The van der Waals surface area contributed by atoms with Crippen LogP contribution in [0.15, 0.2) is 0 Å². The molecular weight excluding hydrogens is 264 g/mol. The molecule has 1 saturated heterocycles. The molecule has 114 valence electrons. The highest BCUT2D eigenvalue weighted by Gasteiger charge is 2.21. The van der Waals surface area contributed by atoms with Crippen molar-refractivity contribution in [2.24, 2.45) is 11.3 Å². The minimum atomic E-state index is -0.318. The van der Waals surface area contributed by atoms with Crippen molar-refractivity contribution in [1.82, 2.24) is 10.6 Å². The van der Waals surface area contributed by atoms with Crippen molar-refractivity contribution in [1.29, 1.82) is 0 Å². The van der Waals surface area contributed by atoms with Gasteiger partial charge in [0.25, 0.3) is 0 Å². The minimum absolute atomic E-state index is 0. The van der Waals surface area contributed by atoms with Crippen LogP contribution < -0.4 is 10.6 Å². The molecule has 1 aliphatic rings. The average molecular weight is 293 g/mol. The van der Waals surface area contributed by atoms with E-state index < -0.39 is 0 Å². The summed E-state index contributed by atoms with van der Waals surface area (Å²) in [5, 5.41) is 15.7. The molecule has 1 amide bonds. The Balaban J connectivity index is 0.00000324. The normalized spacial score (nSPS) is 20.7. The smallest absolute Gasteiger partial charge is 0.220 e. The molecule has 4 nitrogen and oxygen atoms in total. The highest BCUT2D eigenvalue weighted by atomic mass is 35.5. The van der Waals surface area contributed by atoms with E-state index in [0.717, 1.165) is 19.5 Å². The molecule has 0 aliphatic carbocycles. The Morgan fingerprint density at radius 1 is 1.53 bits per heavy atom. The van der Waals surface area contributed by atoms with Gasteiger partial charge in [0.15, 0.2) is 0 Å². The summed E-state index contributed by atoms with van der Waals surface area (Å²) < 4.78 is 0. The van der Waals surface area contributed by atoms with E-state index in [1.54, 1.807) is 6.92 Å². The highest BCUT2D eigenvalue weighted by molar-refractivity contribution is 5.85. The first-order valence-electron chi connectivity index (χ1n) is 7.04. The first-order valence-corrected chi connectivity index (χ1v) is 7.04. The minimum Gasteiger partial charge on any atom is -0.393 e. The topological polar surface area (TPSA) is 61.4 Å². The molecule has 1 heterocycles. The third-order valence-electron chi connectivity index (χ3n) is 3.55. The van der Waals surface area contributed by atoms with E-state index in [0.29, 0.717) is 25.3 Å². The number of aliphatic hydroxyl groups excluding tert-OH is 1. The van der Waals surface area contributed by atoms with Crippen molar-refractivity contribution in [2.75, 3.05) is 19.6 Å². The van der Waals surface area contributed by atoms with Gasteiger partial charge in [-0.15, -0.1) is 12.4 Å². The summed E-state index contributed by atoms with van der Waals surface area (Å²) in [6.07, 6.45) is 3.19. The van der Waals surface area contributed by atoms with Crippen LogP contribution in [0, 0.1) is 11.3 Å². The largest absolute Gasteiger partial charge is 0.393 e. The fourth-order valence-electron chi connectivity index (χ4n) is 2.59. The number of hydrogen-bond donors (Lipinski definition) is 3. The van der Waals surface area contributed by atoms with Gasteiger partial charge in [0.2, 0.25) is 5.91 Å². The molecule has 0 saturated carbocycles. The van der Waals surface area contributed by atoms with Crippen LogP contribution in [-0.2, 0) is 4.79 Å². The Hall–Kier alpha value is -0.320. The number of carbonyl (C=O) groups is 1. The summed E-state index contributed by atoms with van der Waals surface area (Å²) in [6.45, 7) is 8.71. The molecule has 0 aromatic carbocycles. The van der Waals surface area contributed by atoms with E-state index in [4.69, 9.17) is 0 Å². The van der Waals surface area contributed by atoms with E-state index in [2.05, 4.69) is 24.5 Å². The van der Waals surface area contributed by atoms with Gasteiger partial charge in [0.1, 0.15) is 0 Å². The second-order valence-corrected chi connectivity index (χ2v) is 6.39. The second kappa shape index (κ2) is 8.77. The van der Waals surface area contributed by atoms with Crippen LogP contribution in [0.2, 0.25) is 0 Å². The molecule has 0 aromatic heterocycles. The molecule has 2 unspecified atom stereocenters. The molecule has 1 aliphatic heterocycles. The standard InChI is InChI=1S/C14H28N2O2.ClH/c1-11(17)8-14(2,3)10-16-13(18)5-4-12-6-7-15-9-12;/h11-12,15,17H,4-10H2,1-3H3,(H,16,18);1H. The zero-order valence-electron chi connectivity index (χ0n) is 12.4. The maximum absolute atomic E-state index is 11.7. The maximum atomic E-state index is 11.7. The molecule has 2 atom stereocenters. The Kier molecular flexibility index (Phi) is 8.62. The summed E-state index contributed by atoms with van der Waals surface area (Å²) in [7, 11) is 0. The second-order valence-electron chi connectivity index (χ2n) is 6.39. The number of rotatable bonds is 7. The first-order chi connectivity index (χ1) is 8.39. The van der Waals surface area contributed by atoms with E-state index in [1.165, 1.54) is 6.42 Å². The monoisotopic (exact) mass is 292 g/mol. The molecule has 0 radical (unpaired) electrons. The molecule has 1 rings (SSSR count). The Bertz CT molecular complexity index is 264. The lowest BCUT2D eigenvalue weighted by Crippen LogP contribution is -2.35. The van der Waals surface area contributed by atoms with Gasteiger partial charge in [-0.05, 0) is 50.6 Å². The van der Waals surface area contributed by atoms with Crippen molar-refractivity contribution < 1.29 is 9.90 Å². The number of aliphatic hydroxyl groups is 1. The fraction of sp³-hybridized carbons (Fsp3) is 0.929. The SMILES string of the molecule is CC(O)CC(C)(C)CNC(=O)CCC1CCNC1.Cl. The first kappa shape index (κ1) is 18.7. The van der Waals surface area contributed by atoms with Gasteiger partial charge in [-0.25, -0.2) is 0 Å². The summed E-state index contributed by atoms with van der Waals surface area (Å²) in [6, 6.07) is 0. The zero-order valence-corrected chi connectivity index (χ0v) is 13.2. The van der Waals surface area contributed by atoms with Crippen LogP contribution in [0.3, 0.4) is 0 Å². The number of carbonyl (C=O) groups excluding carboxylic acids is 1. The van der Waals surface area contributed by atoms with Crippen LogP contribution in [0.5, 0.6) is 0 Å². The van der Waals surface area contributed by atoms with Gasteiger partial charge >= 0.3 is 0 Å². The van der Waals surface area contributed by atoms with Crippen LogP contribution in [0.25, 0.3) is 0 Å². The van der Waals surface area contributed by atoms with Crippen molar-refractivity contribution in [3.05, 3.63) is 0 Å². The molecule has 0 aromatic rings. The van der Waals surface area contributed by atoms with Crippen LogP contribution >= 0.6 is 12.4 Å². The number of amides is 1. The molecule has 5 heteroatoms. The van der Waals surface area contributed by atoms with Crippen molar-refractivity contribution in [2.45, 2.75) is 52.6 Å². The number of nitrogens with one attached hydrogen (secondary N) is 2.